The second-order valence-electron chi connectivity index (χ2n) is 6.65. The highest BCUT2D eigenvalue weighted by Crippen LogP contribution is 2.42. The van der Waals surface area contributed by atoms with Crippen molar-refractivity contribution < 1.29 is 15.0 Å². The Labute approximate surface area is 158 Å². The third-order valence-corrected chi connectivity index (χ3v) is 4.86. The van der Waals surface area contributed by atoms with Crippen LogP contribution in [0, 0.1) is 0 Å². The van der Waals surface area contributed by atoms with Crippen LogP contribution in [0.2, 0.25) is 5.02 Å². The van der Waals surface area contributed by atoms with Crippen molar-refractivity contribution in [2.24, 2.45) is 0 Å². The number of pyridine rings is 1. The lowest BCUT2D eigenvalue weighted by atomic mass is 10.0. The number of carboxylic acid groups (broad SMARTS) is 1. The maximum Gasteiger partial charge on any atom is 0.303 e. The summed E-state index contributed by atoms with van der Waals surface area (Å²) in [7, 11) is 0. The average Bonchev–Trinajstić information content (AvgIpc) is 3.36. The minimum absolute atomic E-state index is 0.0723. The molecule has 3 aromatic rings. The zero-order valence-electron chi connectivity index (χ0n) is 14.2. The molecule has 4 rings (SSSR count). The van der Waals surface area contributed by atoms with Gasteiger partial charge in [0.2, 0.25) is 5.43 Å². The average molecular weight is 386 g/mol. The Bertz CT molecular complexity index is 1170. The predicted octanol–water partition coefficient (Wildman–Crippen LogP) is 2.54. The molecule has 2 N–H and O–H groups in total. The molecule has 7 nitrogen and oxygen atoms in total. The van der Waals surface area contributed by atoms with Gasteiger partial charge in [0, 0.05) is 17.0 Å². The summed E-state index contributed by atoms with van der Waals surface area (Å²) in [4.78, 5) is 27.6. The van der Waals surface area contributed by atoms with Crippen LogP contribution in [0.4, 0.5) is 0 Å². The molecule has 1 saturated carbocycles. The molecular formula is C19H16ClN3O4. The number of rotatable bonds is 5. The predicted molar refractivity (Wildman–Crippen MR) is 99.8 cm³/mol. The number of hydrogen-bond acceptors (Lipinski definition) is 5. The summed E-state index contributed by atoms with van der Waals surface area (Å²) in [6, 6.07) is 7.09. The Balaban J connectivity index is 1.92. The van der Waals surface area contributed by atoms with E-state index in [2.05, 4.69) is 10.1 Å². The normalized spacial score (nSPS) is 15.1. The van der Waals surface area contributed by atoms with E-state index in [1.165, 1.54) is 16.9 Å². The first-order chi connectivity index (χ1) is 12.9. The van der Waals surface area contributed by atoms with Gasteiger partial charge in [-0.05, 0) is 48.1 Å². The topological polar surface area (TPSA) is 105 Å². The largest absolute Gasteiger partial charge is 0.510 e. The number of aromatic nitrogens is 3. The lowest BCUT2D eigenvalue weighted by Gasteiger charge is -2.08. The van der Waals surface area contributed by atoms with Gasteiger partial charge < -0.3 is 10.2 Å². The monoisotopic (exact) mass is 385 g/mol. The molecule has 1 fully saturated rings. The molecule has 0 spiro atoms. The Hall–Kier alpha value is -2.93. The highest BCUT2D eigenvalue weighted by molar-refractivity contribution is 6.31. The van der Waals surface area contributed by atoms with Crippen LogP contribution >= 0.6 is 11.6 Å². The molecule has 138 valence electrons. The Kier molecular flexibility index (Phi) is 4.31. The van der Waals surface area contributed by atoms with Gasteiger partial charge in [-0.2, -0.15) is 5.10 Å². The number of fused-ring (bicyclic) bond motifs is 1. The summed E-state index contributed by atoms with van der Waals surface area (Å²) < 4.78 is 1.26. The van der Waals surface area contributed by atoms with Gasteiger partial charge in [0.25, 0.3) is 0 Å². The van der Waals surface area contributed by atoms with Crippen molar-refractivity contribution in [1.82, 2.24) is 14.6 Å². The van der Waals surface area contributed by atoms with Crippen LogP contribution in [-0.2, 0) is 4.79 Å². The quantitative estimate of drug-likeness (QED) is 0.699. The van der Waals surface area contributed by atoms with E-state index in [4.69, 9.17) is 16.7 Å². The summed E-state index contributed by atoms with van der Waals surface area (Å²) in [5, 5.41) is 23.6. The van der Waals surface area contributed by atoms with Crippen LogP contribution in [0.5, 0.6) is 0 Å². The van der Waals surface area contributed by atoms with Crippen molar-refractivity contribution in [2.75, 3.05) is 0 Å². The number of aliphatic hydroxyl groups excluding tert-OH is 1. The molecule has 0 unspecified atom stereocenters. The fourth-order valence-corrected chi connectivity index (χ4v) is 3.44. The zero-order chi connectivity index (χ0) is 19.1. The Morgan fingerprint density at radius 1 is 1.19 bits per heavy atom. The lowest BCUT2D eigenvalue weighted by molar-refractivity contribution is -0.136. The molecule has 0 amide bonds. The number of hydrogen-bond donors (Lipinski definition) is 2. The summed E-state index contributed by atoms with van der Waals surface area (Å²) in [5.41, 5.74) is 2.39. The molecular weight excluding hydrogens is 370 g/mol. The van der Waals surface area contributed by atoms with E-state index in [1.807, 2.05) is 12.1 Å². The molecule has 1 aromatic carbocycles. The second kappa shape index (κ2) is 6.66. The molecule has 0 atom stereocenters. The number of halogens is 1. The first-order valence-electron chi connectivity index (χ1n) is 8.55. The van der Waals surface area contributed by atoms with Crippen LogP contribution in [0.15, 0.2) is 35.4 Å². The van der Waals surface area contributed by atoms with Gasteiger partial charge in [0.05, 0.1) is 6.42 Å². The van der Waals surface area contributed by atoms with Crippen molar-refractivity contribution in [1.29, 1.82) is 0 Å². The van der Waals surface area contributed by atoms with Crippen LogP contribution in [0.25, 0.3) is 22.5 Å². The number of aliphatic carboxylic acids is 1. The molecule has 0 aliphatic heterocycles. The molecule has 0 radical (unpaired) electrons. The molecule has 0 bridgehead atoms. The second-order valence-corrected chi connectivity index (χ2v) is 7.09. The Morgan fingerprint density at radius 3 is 2.67 bits per heavy atom. The molecule has 2 aromatic heterocycles. The zero-order valence-corrected chi connectivity index (χ0v) is 15.0. The summed E-state index contributed by atoms with van der Waals surface area (Å²) >= 11 is 6.27. The standard InChI is InChI=1S/C19H16ClN3O4/c20-13-6-11(10-1-2-10)5-12(7-13)14-8-16(25)18(15(24)3-4-17(26)27)23-19(14)21-9-22-23/h5-10,24H,1-4H2,(H,26,27). The molecule has 2 heterocycles. The maximum absolute atomic E-state index is 12.7. The summed E-state index contributed by atoms with van der Waals surface area (Å²) in [6.45, 7) is 0. The minimum atomic E-state index is -1.06. The minimum Gasteiger partial charge on any atom is -0.510 e. The molecule has 27 heavy (non-hydrogen) atoms. The first kappa shape index (κ1) is 17.5. The molecule has 0 saturated heterocycles. The van der Waals surface area contributed by atoms with Gasteiger partial charge in [-0.15, -0.1) is 0 Å². The van der Waals surface area contributed by atoms with Gasteiger partial charge in [-0.1, -0.05) is 17.7 Å². The van der Waals surface area contributed by atoms with Crippen LogP contribution in [-0.4, -0.2) is 30.8 Å². The SMILES string of the molecule is O=C(O)CCC(O)=c1c(=O)cc(-c2cc(Cl)cc(C3CC3)c2)c2ncnn12. The summed E-state index contributed by atoms with van der Waals surface area (Å²) in [6.07, 6.45) is 3.08. The number of carboxylic acids is 1. The molecule has 1 aliphatic carbocycles. The van der Waals surface area contributed by atoms with E-state index in [9.17, 15) is 14.7 Å². The van der Waals surface area contributed by atoms with E-state index in [-0.39, 0.29) is 23.9 Å². The number of carbonyl (C=O) groups is 1. The van der Waals surface area contributed by atoms with Gasteiger partial charge in [-0.3, -0.25) is 9.59 Å². The number of nitrogens with zero attached hydrogens (tertiary/aromatic N) is 3. The van der Waals surface area contributed by atoms with Crippen molar-refractivity contribution >= 4 is 29.0 Å². The van der Waals surface area contributed by atoms with E-state index in [1.54, 1.807) is 6.07 Å². The van der Waals surface area contributed by atoms with Gasteiger partial charge in [-0.25, -0.2) is 9.50 Å². The third-order valence-electron chi connectivity index (χ3n) is 4.64. The summed E-state index contributed by atoms with van der Waals surface area (Å²) in [5.74, 6) is -0.892. The van der Waals surface area contributed by atoms with Crippen molar-refractivity contribution in [3.63, 3.8) is 0 Å². The highest BCUT2D eigenvalue weighted by Gasteiger charge is 2.24. The van der Waals surface area contributed by atoms with Gasteiger partial charge >= 0.3 is 5.97 Å². The van der Waals surface area contributed by atoms with E-state index in [0.717, 1.165) is 24.0 Å². The fraction of sp³-hybridized carbons (Fsp3) is 0.263. The fourth-order valence-electron chi connectivity index (χ4n) is 3.20. The van der Waals surface area contributed by atoms with Crippen molar-refractivity contribution in [3.05, 3.63) is 56.8 Å². The van der Waals surface area contributed by atoms with Gasteiger partial charge in [0.15, 0.2) is 11.0 Å². The third kappa shape index (κ3) is 3.38. The van der Waals surface area contributed by atoms with Crippen molar-refractivity contribution in [3.8, 4) is 11.1 Å². The smallest absolute Gasteiger partial charge is 0.303 e. The molecule has 8 heteroatoms. The number of aliphatic hydroxyl groups is 1. The van der Waals surface area contributed by atoms with Crippen molar-refractivity contribution in [2.45, 2.75) is 31.6 Å². The van der Waals surface area contributed by atoms with Crippen LogP contribution in [0.1, 0.15) is 37.2 Å². The molecule has 1 aliphatic rings. The number of benzene rings is 1. The van der Waals surface area contributed by atoms with Gasteiger partial charge in [0.1, 0.15) is 12.1 Å². The van der Waals surface area contributed by atoms with E-state index >= 15 is 0 Å². The Morgan fingerprint density at radius 2 is 1.96 bits per heavy atom. The van der Waals surface area contributed by atoms with Crippen LogP contribution < -0.4 is 10.8 Å². The van der Waals surface area contributed by atoms with E-state index in [0.29, 0.717) is 22.2 Å². The van der Waals surface area contributed by atoms with E-state index < -0.39 is 11.4 Å². The first-order valence-corrected chi connectivity index (χ1v) is 8.93. The highest BCUT2D eigenvalue weighted by atomic mass is 35.5. The van der Waals surface area contributed by atoms with Crippen LogP contribution in [0.3, 0.4) is 0 Å². The lowest BCUT2D eigenvalue weighted by Crippen LogP contribution is -2.34. The maximum atomic E-state index is 12.7.